The molecule has 222 valence electrons. The Balaban J connectivity index is 1.38. The van der Waals surface area contributed by atoms with Gasteiger partial charge in [0.2, 0.25) is 0 Å². The van der Waals surface area contributed by atoms with Gasteiger partial charge in [-0.05, 0) is 68.1 Å². The van der Waals surface area contributed by atoms with E-state index in [0.29, 0.717) is 18.8 Å². The van der Waals surface area contributed by atoms with Crippen LogP contribution in [0.5, 0.6) is 0 Å². The fourth-order valence-corrected chi connectivity index (χ4v) is 9.25. The Bertz CT molecular complexity index is 1390. The van der Waals surface area contributed by atoms with Gasteiger partial charge in [-0.25, -0.2) is 19.6 Å². The molecule has 0 radical (unpaired) electrons. The van der Waals surface area contributed by atoms with Crippen molar-refractivity contribution in [1.29, 1.82) is 0 Å². The van der Waals surface area contributed by atoms with Gasteiger partial charge in [0.15, 0.2) is 11.4 Å². The Kier molecular flexibility index (Phi) is 7.14. The molecule has 0 N–H and O–H groups in total. The van der Waals surface area contributed by atoms with E-state index in [1.807, 2.05) is 6.92 Å². The molecule has 10 nitrogen and oxygen atoms in total. The van der Waals surface area contributed by atoms with E-state index in [0.717, 1.165) is 32.1 Å². The van der Waals surface area contributed by atoms with Crippen LogP contribution in [0.2, 0.25) is 0 Å². The molecule has 0 aromatic carbocycles. The number of aromatic nitrogens is 4. The van der Waals surface area contributed by atoms with Crippen LogP contribution in [-0.4, -0.2) is 56.7 Å². The summed E-state index contributed by atoms with van der Waals surface area (Å²) < 4.78 is 18.2. The molecule has 2 aromatic heterocycles. The zero-order valence-corrected chi connectivity index (χ0v) is 24.5. The van der Waals surface area contributed by atoms with Crippen molar-refractivity contribution < 1.29 is 28.6 Å². The van der Waals surface area contributed by atoms with Crippen LogP contribution < -0.4 is 0 Å². The van der Waals surface area contributed by atoms with Crippen molar-refractivity contribution in [2.75, 3.05) is 6.61 Å². The molecule has 4 aliphatic rings. The number of hydrogen-bond donors (Lipinski definition) is 0. The molecule has 42 heavy (non-hydrogen) atoms. The quantitative estimate of drug-likeness (QED) is 0.270. The monoisotopic (exact) mass is 574 g/mol. The van der Waals surface area contributed by atoms with E-state index < -0.39 is 35.5 Å². The normalized spacial score (nSPS) is 36.7. The van der Waals surface area contributed by atoms with Crippen LogP contribution in [0.1, 0.15) is 86.7 Å². The van der Waals surface area contributed by atoms with E-state index in [2.05, 4.69) is 33.4 Å². The molecule has 4 fully saturated rings. The third kappa shape index (κ3) is 4.59. The molecule has 2 heterocycles. The number of allylic oxidation sites excluding steroid dienone is 1. The van der Waals surface area contributed by atoms with Gasteiger partial charge in [-0.3, -0.25) is 14.8 Å². The Labute approximate surface area is 245 Å². The van der Waals surface area contributed by atoms with E-state index in [4.69, 9.17) is 14.2 Å². The zero-order chi connectivity index (χ0) is 29.7. The molecule has 4 saturated carbocycles. The van der Waals surface area contributed by atoms with E-state index in [1.165, 1.54) is 49.7 Å². The fourth-order valence-electron chi connectivity index (χ4n) is 9.25. The summed E-state index contributed by atoms with van der Waals surface area (Å²) in [7, 11) is 0. The van der Waals surface area contributed by atoms with E-state index >= 15 is 0 Å². The Morgan fingerprint density at radius 2 is 1.55 bits per heavy atom. The van der Waals surface area contributed by atoms with Crippen molar-refractivity contribution in [3.63, 3.8) is 0 Å². The molecule has 10 heteroatoms. The fraction of sp³-hybridized carbons (Fsp3) is 0.594. The minimum atomic E-state index is -0.734. The molecule has 6 rings (SSSR count). The van der Waals surface area contributed by atoms with Gasteiger partial charge in [0.05, 0.1) is 12.4 Å². The first-order valence-electron chi connectivity index (χ1n) is 14.8. The number of carbonyl (C=O) groups excluding carboxylic acids is 3. The van der Waals surface area contributed by atoms with Crippen molar-refractivity contribution in [2.24, 2.45) is 34.0 Å². The number of ether oxygens (including phenoxy) is 3. The molecule has 2 bridgehead atoms. The molecule has 4 aliphatic carbocycles. The second kappa shape index (κ2) is 10.5. The minimum absolute atomic E-state index is 0.0709. The lowest BCUT2D eigenvalue weighted by molar-refractivity contribution is -0.232. The van der Waals surface area contributed by atoms with E-state index in [9.17, 15) is 14.4 Å². The van der Waals surface area contributed by atoms with Gasteiger partial charge in [0.25, 0.3) is 0 Å². The van der Waals surface area contributed by atoms with Crippen LogP contribution in [0.3, 0.4) is 0 Å². The summed E-state index contributed by atoms with van der Waals surface area (Å²) in [5, 5.41) is 0. The highest BCUT2D eigenvalue weighted by Crippen LogP contribution is 2.72. The van der Waals surface area contributed by atoms with Crippen molar-refractivity contribution >= 4 is 17.9 Å². The highest BCUT2D eigenvalue weighted by atomic mass is 16.6. The number of nitrogens with zero attached hydrogens (tertiary/aromatic N) is 4. The average Bonchev–Trinajstić information content (AvgIpc) is 3.24. The summed E-state index contributed by atoms with van der Waals surface area (Å²) >= 11 is 0. The predicted octanol–water partition coefficient (Wildman–Crippen LogP) is 4.77. The highest BCUT2D eigenvalue weighted by molar-refractivity contribution is 5.87. The van der Waals surface area contributed by atoms with Crippen LogP contribution in [0, 0.1) is 34.0 Å². The number of rotatable bonds is 6. The number of esters is 3. The third-order valence-corrected chi connectivity index (χ3v) is 11.0. The van der Waals surface area contributed by atoms with Gasteiger partial charge in [0, 0.05) is 42.5 Å². The maximum atomic E-state index is 13.4. The first kappa shape index (κ1) is 28.4. The lowest BCUT2D eigenvalue weighted by Gasteiger charge is -2.66. The molecule has 2 aromatic rings. The maximum absolute atomic E-state index is 13.4. The standard InChI is InChI=1S/C32H38N4O6/c1-19-14-32-15-21(19)5-6-24(32)30(3)8-7-26(41-28(38)22-16-33-9-11-35-22)31(4,18-40-20(2)37)25(30)13-27(32)42-29(39)23-17-34-10-12-36-23/h9-12,16-17,21,24-27H,1,5-8,13-15,18H2,2-4H3/t21-,24-,25+,26+,27-,30-,31+,32+/m0/s1. The first-order chi connectivity index (χ1) is 20.1. The van der Waals surface area contributed by atoms with Crippen molar-refractivity contribution in [1.82, 2.24) is 19.9 Å². The van der Waals surface area contributed by atoms with Crippen LogP contribution in [0.4, 0.5) is 0 Å². The molecule has 1 spiro atoms. The topological polar surface area (TPSA) is 130 Å². The molecular formula is C32H38N4O6. The SMILES string of the molecule is C=C1C[C@@]23C[C@@H]1CC[C@H]2[C@]1(C)CC[C@@H](OC(=O)c2cnccn2)[C@](C)(COC(C)=O)[C@@H]1C[C@@H]3OC(=O)c1cnccn1. The zero-order valence-electron chi connectivity index (χ0n) is 24.5. The average molecular weight is 575 g/mol. The molecule has 0 saturated heterocycles. The molecule has 0 unspecified atom stereocenters. The maximum Gasteiger partial charge on any atom is 0.358 e. The summed E-state index contributed by atoms with van der Waals surface area (Å²) in [4.78, 5) is 55.1. The van der Waals surface area contributed by atoms with Crippen molar-refractivity contribution in [2.45, 2.75) is 77.9 Å². The summed E-state index contributed by atoms with van der Waals surface area (Å²) in [5.41, 5.74) is 0.424. The van der Waals surface area contributed by atoms with Crippen molar-refractivity contribution in [3.05, 3.63) is 60.7 Å². The van der Waals surface area contributed by atoms with Gasteiger partial charge in [-0.2, -0.15) is 0 Å². The van der Waals surface area contributed by atoms with Gasteiger partial charge in [-0.1, -0.05) is 26.0 Å². The third-order valence-electron chi connectivity index (χ3n) is 11.0. The Hall–Kier alpha value is -3.69. The largest absolute Gasteiger partial charge is 0.465 e. The summed E-state index contributed by atoms with van der Waals surface area (Å²) in [5.74, 6) is -0.835. The molecule has 0 amide bonds. The van der Waals surface area contributed by atoms with Crippen LogP contribution >= 0.6 is 0 Å². The van der Waals surface area contributed by atoms with Gasteiger partial charge in [-0.15, -0.1) is 0 Å². The van der Waals surface area contributed by atoms with Crippen LogP contribution in [0.15, 0.2) is 49.3 Å². The van der Waals surface area contributed by atoms with E-state index in [-0.39, 0.29) is 40.7 Å². The molecule has 0 aliphatic heterocycles. The number of fused-ring (bicyclic) bond motifs is 3. The lowest BCUT2D eigenvalue weighted by atomic mass is 9.40. The lowest BCUT2D eigenvalue weighted by Crippen LogP contribution is -2.66. The van der Waals surface area contributed by atoms with Crippen LogP contribution in [-0.2, 0) is 19.0 Å². The first-order valence-corrected chi connectivity index (χ1v) is 14.8. The van der Waals surface area contributed by atoms with Crippen LogP contribution in [0.25, 0.3) is 0 Å². The molecular weight excluding hydrogens is 536 g/mol. The second-order valence-electron chi connectivity index (χ2n) is 13.2. The van der Waals surface area contributed by atoms with Gasteiger partial charge < -0.3 is 14.2 Å². The van der Waals surface area contributed by atoms with Crippen molar-refractivity contribution in [3.8, 4) is 0 Å². The smallest absolute Gasteiger partial charge is 0.358 e. The second-order valence-corrected chi connectivity index (χ2v) is 13.2. The molecule has 8 atom stereocenters. The number of carbonyl (C=O) groups is 3. The summed E-state index contributed by atoms with van der Waals surface area (Å²) in [6.07, 6.45) is 13.7. The summed E-state index contributed by atoms with van der Waals surface area (Å²) in [6.45, 7) is 10.3. The Morgan fingerprint density at radius 1 is 0.905 bits per heavy atom. The minimum Gasteiger partial charge on any atom is -0.465 e. The summed E-state index contributed by atoms with van der Waals surface area (Å²) in [6, 6.07) is 0. The van der Waals surface area contributed by atoms with Gasteiger partial charge in [0.1, 0.15) is 18.8 Å². The highest BCUT2D eigenvalue weighted by Gasteiger charge is 2.70. The van der Waals surface area contributed by atoms with Gasteiger partial charge >= 0.3 is 17.9 Å². The van der Waals surface area contributed by atoms with E-state index in [1.54, 1.807) is 0 Å². The predicted molar refractivity (Wildman–Crippen MR) is 150 cm³/mol. The number of hydrogen-bond acceptors (Lipinski definition) is 10. The Morgan fingerprint density at radius 3 is 2.14 bits per heavy atom.